The first-order valence-electron chi connectivity index (χ1n) is 7.43. The van der Waals surface area contributed by atoms with E-state index in [1.807, 2.05) is 0 Å². The summed E-state index contributed by atoms with van der Waals surface area (Å²) in [5.41, 5.74) is 0.358. The lowest BCUT2D eigenvalue weighted by Gasteiger charge is -2.34. The molecule has 0 saturated heterocycles. The smallest absolute Gasteiger partial charge is 0.460 e. The second kappa shape index (κ2) is 8.37. The minimum Gasteiger partial charge on any atom is -0.480 e. The van der Waals surface area contributed by atoms with E-state index in [2.05, 4.69) is 4.74 Å². The lowest BCUT2D eigenvalue weighted by molar-refractivity contribution is -0.397. The molecule has 1 aromatic rings. The molecule has 1 unspecified atom stereocenters. The van der Waals surface area contributed by atoms with Crippen molar-refractivity contribution < 1.29 is 58.9 Å². The third-order valence-corrected chi connectivity index (χ3v) is 3.47. The number of halogens is 9. The zero-order chi connectivity index (χ0) is 22.7. The molecule has 0 aliphatic rings. The summed E-state index contributed by atoms with van der Waals surface area (Å²) in [6, 6.07) is 4.54. The molecule has 0 fully saturated rings. The number of rotatable bonds is 8. The molecule has 0 spiro atoms. The van der Waals surface area contributed by atoms with Crippen LogP contribution in [-0.2, 0) is 16.1 Å². The Hall–Kier alpha value is -2.67. The number of alkyl carbamates (subject to hydrolysis) is 1. The number of aliphatic carboxylic acids is 1. The summed E-state index contributed by atoms with van der Waals surface area (Å²) in [5.74, 6) is -22.7. The van der Waals surface area contributed by atoms with Crippen LogP contribution in [-0.4, -0.2) is 47.2 Å². The van der Waals surface area contributed by atoms with Gasteiger partial charge < -0.3 is 15.2 Å². The van der Waals surface area contributed by atoms with Crippen LogP contribution < -0.4 is 5.32 Å². The molecule has 1 atom stereocenters. The van der Waals surface area contributed by atoms with Gasteiger partial charge in [0.1, 0.15) is 12.6 Å². The van der Waals surface area contributed by atoms with E-state index in [0.29, 0.717) is 5.56 Å². The number of carbonyl (C=O) groups is 2. The van der Waals surface area contributed by atoms with Gasteiger partial charge in [0.15, 0.2) is 0 Å². The van der Waals surface area contributed by atoms with Crippen LogP contribution in [0.5, 0.6) is 0 Å². The lowest BCUT2D eigenvalue weighted by Crippen LogP contribution is -2.62. The number of hydrogen-bond acceptors (Lipinski definition) is 3. The highest BCUT2D eigenvalue weighted by Gasteiger charge is 2.81. The molecule has 2 N–H and O–H groups in total. The van der Waals surface area contributed by atoms with Crippen LogP contribution in [0.25, 0.3) is 0 Å². The van der Waals surface area contributed by atoms with Crippen LogP contribution in [0, 0.1) is 0 Å². The van der Waals surface area contributed by atoms with Crippen LogP contribution in [0.1, 0.15) is 12.0 Å². The number of carboxylic acid groups (broad SMARTS) is 1. The minimum absolute atomic E-state index is 0.358. The van der Waals surface area contributed by atoms with Gasteiger partial charge in [-0.25, -0.2) is 9.59 Å². The van der Waals surface area contributed by atoms with Crippen LogP contribution in [0.15, 0.2) is 30.3 Å². The molecule has 5 nitrogen and oxygen atoms in total. The van der Waals surface area contributed by atoms with Gasteiger partial charge in [-0.3, -0.25) is 0 Å². The van der Waals surface area contributed by atoms with Crippen molar-refractivity contribution in [3.8, 4) is 0 Å². The van der Waals surface area contributed by atoms with Crippen LogP contribution in [0.3, 0.4) is 0 Å². The van der Waals surface area contributed by atoms with Gasteiger partial charge in [0.25, 0.3) is 0 Å². The average molecular weight is 441 g/mol. The van der Waals surface area contributed by atoms with Crippen molar-refractivity contribution in [2.75, 3.05) is 0 Å². The maximum atomic E-state index is 13.6. The van der Waals surface area contributed by atoms with Crippen molar-refractivity contribution in [3.05, 3.63) is 35.9 Å². The highest BCUT2D eigenvalue weighted by Crippen LogP contribution is 2.54. The van der Waals surface area contributed by atoms with Crippen molar-refractivity contribution in [2.24, 2.45) is 0 Å². The Morgan fingerprint density at radius 1 is 0.931 bits per heavy atom. The molecule has 0 bridgehead atoms. The zero-order valence-electron chi connectivity index (χ0n) is 14.0. The first kappa shape index (κ1) is 24.4. The van der Waals surface area contributed by atoms with E-state index in [1.165, 1.54) is 29.6 Å². The molecule has 0 heterocycles. The van der Waals surface area contributed by atoms with Crippen molar-refractivity contribution >= 4 is 12.1 Å². The van der Waals surface area contributed by atoms with Gasteiger partial charge in [-0.1, -0.05) is 30.3 Å². The van der Waals surface area contributed by atoms with Gasteiger partial charge in [-0.2, -0.15) is 39.5 Å². The highest BCUT2D eigenvalue weighted by atomic mass is 19.4. The summed E-state index contributed by atoms with van der Waals surface area (Å²) < 4.78 is 120. The third kappa shape index (κ3) is 5.44. The summed E-state index contributed by atoms with van der Waals surface area (Å²) in [5, 5.41) is 9.95. The second-order valence-electron chi connectivity index (χ2n) is 5.65. The molecule has 164 valence electrons. The standard InChI is InChI=1S/C15H12F9NO4/c16-12(17,13(18,19)14(20,21)15(22,23)24)6-9(10(26)27)25-11(28)29-7-8-4-2-1-3-5-8/h1-5,9H,6-7H2,(H,25,28)(H,26,27). The largest absolute Gasteiger partial charge is 0.480 e. The fourth-order valence-electron chi connectivity index (χ4n) is 1.90. The fourth-order valence-corrected chi connectivity index (χ4v) is 1.90. The van der Waals surface area contributed by atoms with Crippen LogP contribution >= 0.6 is 0 Å². The molecule has 0 saturated carbocycles. The molecule has 1 amide bonds. The van der Waals surface area contributed by atoms with E-state index in [-0.39, 0.29) is 0 Å². The second-order valence-corrected chi connectivity index (χ2v) is 5.65. The summed E-state index contributed by atoms with van der Waals surface area (Å²) in [6.45, 7) is -0.502. The number of ether oxygens (including phenoxy) is 1. The number of alkyl halides is 9. The Labute approximate surface area is 156 Å². The first-order chi connectivity index (χ1) is 13.0. The zero-order valence-corrected chi connectivity index (χ0v) is 14.0. The Morgan fingerprint density at radius 2 is 1.45 bits per heavy atom. The van der Waals surface area contributed by atoms with Gasteiger partial charge in [0, 0.05) is 6.42 Å². The normalized spacial score (nSPS) is 14.2. The topological polar surface area (TPSA) is 75.6 Å². The Balaban J connectivity index is 2.91. The molecule has 0 aromatic heterocycles. The Kier molecular flexibility index (Phi) is 7.03. The van der Waals surface area contributed by atoms with Crippen molar-refractivity contribution in [1.82, 2.24) is 5.32 Å². The van der Waals surface area contributed by atoms with E-state index in [1.54, 1.807) is 6.07 Å². The molecular weight excluding hydrogens is 429 g/mol. The van der Waals surface area contributed by atoms with E-state index in [9.17, 15) is 49.1 Å². The molecule has 1 rings (SSSR count). The number of carboxylic acids is 1. The molecule has 29 heavy (non-hydrogen) atoms. The number of hydrogen-bond donors (Lipinski definition) is 2. The van der Waals surface area contributed by atoms with Gasteiger partial charge in [0.2, 0.25) is 0 Å². The van der Waals surface area contributed by atoms with E-state index in [0.717, 1.165) is 0 Å². The summed E-state index contributed by atoms with van der Waals surface area (Å²) >= 11 is 0. The highest BCUT2D eigenvalue weighted by molar-refractivity contribution is 5.80. The monoisotopic (exact) mass is 441 g/mol. The van der Waals surface area contributed by atoms with Crippen LogP contribution in [0.4, 0.5) is 44.3 Å². The molecule has 1 aromatic carbocycles. The maximum Gasteiger partial charge on any atom is 0.460 e. The van der Waals surface area contributed by atoms with E-state index >= 15 is 0 Å². The van der Waals surface area contributed by atoms with Crippen molar-refractivity contribution in [2.45, 2.75) is 43.0 Å². The van der Waals surface area contributed by atoms with E-state index in [4.69, 9.17) is 5.11 Å². The van der Waals surface area contributed by atoms with Gasteiger partial charge in [0.05, 0.1) is 0 Å². The maximum absolute atomic E-state index is 13.6. The average Bonchev–Trinajstić information content (AvgIpc) is 2.58. The Morgan fingerprint density at radius 3 is 1.90 bits per heavy atom. The fraction of sp³-hybridized carbons (Fsp3) is 0.467. The quantitative estimate of drug-likeness (QED) is 0.593. The molecule has 0 aliphatic carbocycles. The van der Waals surface area contributed by atoms with Crippen molar-refractivity contribution in [3.63, 3.8) is 0 Å². The van der Waals surface area contributed by atoms with Gasteiger partial charge in [-0.15, -0.1) is 0 Å². The summed E-state index contributed by atoms with van der Waals surface area (Å²) in [7, 11) is 0. The summed E-state index contributed by atoms with van der Waals surface area (Å²) in [6.07, 6.45) is -11.5. The SMILES string of the molecule is O=C(NC(CC(F)(F)C(F)(F)C(F)(F)C(F)(F)F)C(=O)O)OCc1ccccc1. The first-order valence-corrected chi connectivity index (χ1v) is 7.43. The number of amides is 1. The number of benzene rings is 1. The Bertz CT molecular complexity index is 722. The van der Waals surface area contributed by atoms with Gasteiger partial charge in [-0.05, 0) is 5.56 Å². The van der Waals surface area contributed by atoms with E-state index < -0.39 is 55.1 Å². The summed E-state index contributed by atoms with van der Waals surface area (Å²) in [4.78, 5) is 22.4. The minimum atomic E-state index is -7.17. The molecule has 0 radical (unpaired) electrons. The predicted molar refractivity (Wildman–Crippen MR) is 76.7 cm³/mol. The molecule has 0 aliphatic heterocycles. The number of nitrogens with one attached hydrogen (secondary N) is 1. The number of carbonyl (C=O) groups excluding carboxylic acids is 1. The third-order valence-electron chi connectivity index (χ3n) is 3.47. The van der Waals surface area contributed by atoms with Gasteiger partial charge >= 0.3 is 36.0 Å². The lowest BCUT2D eigenvalue weighted by atomic mass is 9.97. The predicted octanol–water partition coefficient (Wildman–Crippen LogP) is 4.22. The molecule has 14 heteroatoms. The molecular formula is C15H12F9NO4. The van der Waals surface area contributed by atoms with Crippen molar-refractivity contribution in [1.29, 1.82) is 0 Å². The van der Waals surface area contributed by atoms with Crippen LogP contribution in [0.2, 0.25) is 0 Å².